The lowest BCUT2D eigenvalue weighted by atomic mass is 10.00. The highest BCUT2D eigenvalue weighted by molar-refractivity contribution is 7.13. The number of amides is 1. The molecular weight excluding hydrogens is 382 g/mol. The number of rotatable bonds is 8. The second-order valence-electron chi connectivity index (χ2n) is 7.60. The van der Waals surface area contributed by atoms with E-state index in [4.69, 9.17) is 0 Å². The van der Waals surface area contributed by atoms with Crippen molar-refractivity contribution < 1.29 is 4.79 Å². The van der Waals surface area contributed by atoms with Crippen LogP contribution in [0.25, 0.3) is 10.1 Å². The van der Waals surface area contributed by atoms with Gasteiger partial charge in [-0.3, -0.25) is 18.4 Å². The molecule has 0 atom stereocenters. The number of nitrogens with zero attached hydrogens (tertiary/aromatic N) is 2. The largest absolute Gasteiger partial charge is 0.356 e. The Balaban J connectivity index is 1.14. The van der Waals surface area contributed by atoms with Gasteiger partial charge in [0.2, 0.25) is 5.91 Å². The van der Waals surface area contributed by atoms with Gasteiger partial charge in [0.1, 0.15) is 0 Å². The standard InChI is InChI=1S/C23H27N3O2S/c27-22(11-5-15-26-23(28)20-9-3-4-10-21(20)29-26)24-13-6-14-25-16-12-18-7-1-2-8-19(18)17-25/h1-4,7-10H,5-6,11-17H2,(H,24,27). The summed E-state index contributed by atoms with van der Waals surface area (Å²) >= 11 is 1.47. The second-order valence-corrected chi connectivity index (χ2v) is 8.66. The lowest BCUT2D eigenvalue weighted by molar-refractivity contribution is -0.121. The Bertz CT molecular complexity index is 1040. The Kier molecular flexibility index (Phi) is 6.42. The van der Waals surface area contributed by atoms with E-state index in [1.54, 1.807) is 3.96 Å². The van der Waals surface area contributed by atoms with E-state index in [9.17, 15) is 9.59 Å². The molecule has 0 spiro atoms. The molecule has 29 heavy (non-hydrogen) atoms. The average Bonchev–Trinajstić information content (AvgIpc) is 3.07. The van der Waals surface area contributed by atoms with Gasteiger partial charge in [-0.05, 0) is 42.5 Å². The molecule has 1 N–H and O–H groups in total. The van der Waals surface area contributed by atoms with Gasteiger partial charge in [-0.25, -0.2) is 0 Å². The van der Waals surface area contributed by atoms with Gasteiger partial charge in [0, 0.05) is 39.1 Å². The highest BCUT2D eigenvalue weighted by atomic mass is 32.1. The SMILES string of the molecule is O=C(CCCn1sc2ccccc2c1=O)NCCCN1CCc2ccccc2C1. The summed E-state index contributed by atoms with van der Waals surface area (Å²) in [5.41, 5.74) is 2.95. The molecule has 5 nitrogen and oxygen atoms in total. The molecule has 0 unspecified atom stereocenters. The van der Waals surface area contributed by atoms with E-state index in [1.165, 1.54) is 22.7 Å². The fourth-order valence-electron chi connectivity index (χ4n) is 3.91. The van der Waals surface area contributed by atoms with E-state index in [-0.39, 0.29) is 11.5 Å². The third kappa shape index (κ3) is 4.95. The molecule has 1 aromatic heterocycles. The summed E-state index contributed by atoms with van der Waals surface area (Å²) in [4.78, 5) is 26.9. The van der Waals surface area contributed by atoms with Crippen molar-refractivity contribution in [2.24, 2.45) is 0 Å². The topological polar surface area (TPSA) is 54.3 Å². The van der Waals surface area contributed by atoms with Crippen LogP contribution >= 0.6 is 11.5 Å². The number of benzene rings is 2. The summed E-state index contributed by atoms with van der Waals surface area (Å²) < 4.78 is 2.76. The molecular formula is C23H27N3O2S. The highest BCUT2D eigenvalue weighted by Gasteiger charge is 2.15. The van der Waals surface area contributed by atoms with Crippen molar-refractivity contribution in [1.82, 2.24) is 14.2 Å². The van der Waals surface area contributed by atoms with Gasteiger partial charge in [0.05, 0.1) is 10.1 Å². The van der Waals surface area contributed by atoms with Gasteiger partial charge < -0.3 is 5.32 Å². The molecule has 0 bridgehead atoms. The molecule has 1 aliphatic rings. The zero-order chi connectivity index (χ0) is 20.1. The quantitative estimate of drug-likeness (QED) is 0.580. The minimum Gasteiger partial charge on any atom is -0.356 e. The first-order valence-corrected chi connectivity index (χ1v) is 11.1. The summed E-state index contributed by atoms with van der Waals surface area (Å²) in [6, 6.07) is 16.3. The van der Waals surface area contributed by atoms with Crippen molar-refractivity contribution in [2.75, 3.05) is 19.6 Å². The Morgan fingerprint density at radius 3 is 2.66 bits per heavy atom. The summed E-state index contributed by atoms with van der Waals surface area (Å²) in [6.07, 6.45) is 3.21. The third-order valence-corrected chi connectivity index (χ3v) is 6.62. The van der Waals surface area contributed by atoms with Crippen LogP contribution in [-0.4, -0.2) is 34.4 Å². The van der Waals surface area contributed by atoms with Crippen LogP contribution in [0.2, 0.25) is 0 Å². The minimum atomic E-state index is 0.0501. The highest BCUT2D eigenvalue weighted by Crippen LogP contribution is 2.18. The van der Waals surface area contributed by atoms with Gasteiger partial charge in [-0.1, -0.05) is 47.9 Å². The van der Waals surface area contributed by atoms with E-state index >= 15 is 0 Å². The number of aryl methyl sites for hydroxylation is 1. The zero-order valence-electron chi connectivity index (χ0n) is 16.6. The third-order valence-electron chi connectivity index (χ3n) is 5.50. The summed E-state index contributed by atoms with van der Waals surface area (Å²) in [5.74, 6) is 0.0724. The Morgan fingerprint density at radius 2 is 1.79 bits per heavy atom. The van der Waals surface area contributed by atoms with Crippen LogP contribution in [0.4, 0.5) is 0 Å². The molecule has 6 heteroatoms. The maximum atomic E-state index is 12.3. The Labute approximate surface area is 175 Å². The molecule has 0 fully saturated rings. The van der Waals surface area contributed by atoms with Crippen molar-refractivity contribution in [3.05, 3.63) is 70.0 Å². The van der Waals surface area contributed by atoms with Gasteiger partial charge in [-0.15, -0.1) is 0 Å². The van der Waals surface area contributed by atoms with Crippen molar-refractivity contribution >= 4 is 27.5 Å². The van der Waals surface area contributed by atoms with E-state index < -0.39 is 0 Å². The molecule has 0 aliphatic carbocycles. The van der Waals surface area contributed by atoms with Crippen LogP contribution < -0.4 is 10.9 Å². The summed E-state index contributed by atoms with van der Waals surface area (Å²) in [6.45, 7) is 4.41. The first kappa shape index (κ1) is 19.9. The first-order chi connectivity index (χ1) is 14.2. The van der Waals surface area contributed by atoms with Gasteiger partial charge in [0.25, 0.3) is 5.56 Å². The Hall–Kier alpha value is -2.44. The fraction of sp³-hybridized carbons (Fsp3) is 0.391. The molecule has 3 aromatic rings. The lowest BCUT2D eigenvalue weighted by Gasteiger charge is -2.28. The van der Waals surface area contributed by atoms with E-state index in [2.05, 4.69) is 34.5 Å². The van der Waals surface area contributed by atoms with Crippen LogP contribution in [0.15, 0.2) is 53.3 Å². The van der Waals surface area contributed by atoms with Crippen molar-refractivity contribution in [2.45, 2.75) is 38.8 Å². The van der Waals surface area contributed by atoms with Gasteiger partial charge in [-0.2, -0.15) is 0 Å². The smallest absolute Gasteiger partial charge is 0.268 e. The molecule has 152 valence electrons. The van der Waals surface area contributed by atoms with Gasteiger partial charge >= 0.3 is 0 Å². The maximum Gasteiger partial charge on any atom is 0.268 e. The number of fused-ring (bicyclic) bond motifs is 2. The fourth-order valence-corrected chi connectivity index (χ4v) is 4.94. The monoisotopic (exact) mass is 409 g/mol. The number of hydrogen-bond acceptors (Lipinski definition) is 4. The number of aromatic nitrogens is 1. The molecule has 2 aromatic carbocycles. The lowest BCUT2D eigenvalue weighted by Crippen LogP contribution is -2.33. The molecule has 1 aliphatic heterocycles. The first-order valence-electron chi connectivity index (χ1n) is 10.4. The molecule has 0 saturated heterocycles. The average molecular weight is 410 g/mol. The van der Waals surface area contributed by atoms with Crippen LogP contribution in [-0.2, 0) is 24.3 Å². The number of carbonyl (C=O) groups is 1. The van der Waals surface area contributed by atoms with Crippen LogP contribution in [0.1, 0.15) is 30.4 Å². The van der Waals surface area contributed by atoms with E-state index in [1.807, 2.05) is 24.3 Å². The van der Waals surface area contributed by atoms with Crippen molar-refractivity contribution in [3.8, 4) is 0 Å². The van der Waals surface area contributed by atoms with Crippen molar-refractivity contribution in [3.63, 3.8) is 0 Å². The summed E-state index contributed by atoms with van der Waals surface area (Å²) in [5, 5.41) is 3.79. The van der Waals surface area contributed by atoms with Gasteiger partial charge in [0.15, 0.2) is 0 Å². The second kappa shape index (κ2) is 9.37. The zero-order valence-corrected chi connectivity index (χ0v) is 17.4. The molecule has 4 rings (SSSR count). The predicted octanol–water partition coefficient (Wildman–Crippen LogP) is 3.41. The molecule has 2 heterocycles. The van der Waals surface area contributed by atoms with E-state index in [0.29, 0.717) is 25.9 Å². The van der Waals surface area contributed by atoms with Crippen LogP contribution in [0.3, 0.4) is 0 Å². The molecule has 1 amide bonds. The number of carbonyl (C=O) groups excluding carboxylic acids is 1. The summed E-state index contributed by atoms with van der Waals surface area (Å²) in [7, 11) is 0. The predicted molar refractivity (Wildman–Crippen MR) is 118 cm³/mol. The normalized spacial score (nSPS) is 14.1. The van der Waals surface area contributed by atoms with Crippen LogP contribution in [0, 0.1) is 0 Å². The van der Waals surface area contributed by atoms with E-state index in [0.717, 1.165) is 42.6 Å². The van der Waals surface area contributed by atoms with Crippen LogP contribution in [0.5, 0.6) is 0 Å². The number of nitrogens with one attached hydrogen (secondary N) is 1. The number of hydrogen-bond donors (Lipinski definition) is 1. The minimum absolute atomic E-state index is 0.0501. The Morgan fingerprint density at radius 1 is 1.00 bits per heavy atom. The molecule has 0 radical (unpaired) electrons. The molecule has 0 saturated carbocycles. The van der Waals surface area contributed by atoms with Crippen molar-refractivity contribution in [1.29, 1.82) is 0 Å². The maximum absolute atomic E-state index is 12.3.